The van der Waals surface area contributed by atoms with E-state index in [9.17, 15) is 24.3 Å². The van der Waals surface area contributed by atoms with Gasteiger partial charge in [0.25, 0.3) is 0 Å². The monoisotopic (exact) mass is 491 g/mol. The molecule has 10 heteroatoms. The summed E-state index contributed by atoms with van der Waals surface area (Å²) >= 11 is 0. The van der Waals surface area contributed by atoms with E-state index in [0.29, 0.717) is 28.5 Å². The predicted octanol–water partition coefficient (Wildman–Crippen LogP) is 3.08. The number of furan rings is 1. The number of aliphatic carboxylic acids is 1. The number of benzene rings is 2. The Hall–Kier alpha value is -4.60. The number of rotatable bonds is 9. The van der Waals surface area contributed by atoms with Crippen molar-refractivity contribution in [3.8, 4) is 11.1 Å². The molecule has 0 aliphatic carbocycles. The first kappa shape index (κ1) is 24.5. The third-order valence-corrected chi connectivity index (χ3v) is 6.01. The average Bonchev–Trinajstić information content (AvgIpc) is 3.25. The van der Waals surface area contributed by atoms with Gasteiger partial charge >= 0.3 is 17.6 Å². The second kappa shape index (κ2) is 10.3. The molecule has 1 atom stereocenters. The average molecular weight is 492 g/mol. The maximum Gasteiger partial charge on any atom is 0.340 e. The van der Waals surface area contributed by atoms with Crippen LogP contribution in [-0.4, -0.2) is 35.6 Å². The normalized spacial score (nSPS) is 11.9. The van der Waals surface area contributed by atoms with Crippen molar-refractivity contribution < 1.29 is 28.3 Å². The van der Waals surface area contributed by atoms with Gasteiger partial charge in [-0.25, -0.2) is 14.4 Å². The molecule has 0 fully saturated rings. The van der Waals surface area contributed by atoms with Crippen molar-refractivity contribution in [2.45, 2.75) is 32.2 Å². The van der Waals surface area contributed by atoms with Crippen molar-refractivity contribution in [3.05, 3.63) is 70.3 Å². The Kier molecular flexibility index (Phi) is 7.05. The fraction of sp³-hybridized carbons (Fsp3) is 0.231. The van der Waals surface area contributed by atoms with E-state index < -0.39 is 29.6 Å². The molecule has 0 aliphatic rings. The van der Waals surface area contributed by atoms with E-state index in [2.05, 4.69) is 10.6 Å². The number of carbonyl (C=O) groups excluding carboxylic acids is 2. The van der Waals surface area contributed by atoms with Crippen molar-refractivity contribution >= 4 is 39.8 Å². The third kappa shape index (κ3) is 5.22. The molecular formula is C26H25N3O7. The molecule has 0 saturated heterocycles. The van der Waals surface area contributed by atoms with Crippen LogP contribution in [0, 0.1) is 6.92 Å². The first-order chi connectivity index (χ1) is 17.2. The van der Waals surface area contributed by atoms with Gasteiger partial charge in [-0.15, -0.1) is 0 Å². The first-order valence-corrected chi connectivity index (χ1v) is 11.3. The lowest BCUT2D eigenvalue weighted by molar-refractivity contribution is -0.141. The molecule has 36 heavy (non-hydrogen) atoms. The van der Waals surface area contributed by atoms with E-state index >= 15 is 0 Å². The highest BCUT2D eigenvalue weighted by Crippen LogP contribution is 2.34. The Morgan fingerprint density at radius 2 is 1.83 bits per heavy atom. The van der Waals surface area contributed by atoms with Gasteiger partial charge in [0.15, 0.2) is 0 Å². The van der Waals surface area contributed by atoms with Crippen LogP contribution in [-0.2, 0) is 16.0 Å². The summed E-state index contributed by atoms with van der Waals surface area (Å²) in [6.45, 7) is 1.90. The zero-order chi connectivity index (χ0) is 25.8. The number of nitrogens with two attached hydrogens (primary N) is 1. The number of urea groups is 1. The quantitative estimate of drug-likeness (QED) is 0.206. The van der Waals surface area contributed by atoms with Gasteiger partial charge in [-0.2, -0.15) is 0 Å². The number of aryl methyl sites for hydroxylation is 1. The number of amides is 3. The molecule has 1 unspecified atom stereocenters. The van der Waals surface area contributed by atoms with Crippen molar-refractivity contribution in [1.82, 2.24) is 10.6 Å². The minimum Gasteiger partial charge on any atom is -0.480 e. The molecule has 5 N–H and O–H groups in total. The van der Waals surface area contributed by atoms with Crippen LogP contribution < -0.4 is 22.0 Å². The Balaban J connectivity index is 1.60. The van der Waals surface area contributed by atoms with Crippen LogP contribution >= 0.6 is 0 Å². The highest BCUT2D eigenvalue weighted by Gasteiger charge is 2.22. The van der Waals surface area contributed by atoms with Crippen molar-refractivity contribution in [2.75, 3.05) is 6.54 Å². The number of hydrogen-bond acceptors (Lipinski definition) is 6. The lowest BCUT2D eigenvalue weighted by Gasteiger charge is -2.15. The molecule has 4 aromatic rings. The van der Waals surface area contributed by atoms with Gasteiger partial charge < -0.3 is 30.3 Å². The smallest absolute Gasteiger partial charge is 0.340 e. The number of fused-ring (bicyclic) bond motifs is 2. The molecule has 0 aliphatic heterocycles. The Bertz CT molecular complexity index is 1510. The summed E-state index contributed by atoms with van der Waals surface area (Å²) in [4.78, 5) is 47.7. The van der Waals surface area contributed by atoms with Crippen LogP contribution in [0.2, 0.25) is 0 Å². The van der Waals surface area contributed by atoms with Gasteiger partial charge in [-0.1, -0.05) is 30.3 Å². The molecule has 2 aromatic carbocycles. The summed E-state index contributed by atoms with van der Waals surface area (Å²) in [7, 11) is 0. The third-order valence-electron chi connectivity index (χ3n) is 6.01. The molecule has 2 aromatic heterocycles. The van der Waals surface area contributed by atoms with Crippen molar-refractivity contribution in [1.29, 1.82) is 0 Å². The van der Waals surface area contributed by atoms with E-state index in [1.54, 1.807) is 19.3 Å². The fourth-order valence-electron chi connectivity index (χ4n) is 4.14. The maximum absolute atomic E-state index is 12.7. The Morgan fingerprint density at radius 1 is 1.08 bits per heavy atom. The fourth-order valence-corrected chi connectivity index (χ4v) is 4.14. The van der Waals surface area contributed by atoms with Gasteiger partial charge in [-0.3, -0.25) is 4.79 Å². The second-order valence-electron chi connectivity index (χ2n) is 8.42. The van der Waals surface area contributed by atoms with Gasteiger partial charge in [-0.05, 0) is 37.0 Å². The standard InChI is InChI=1S/C26H25N3O7/c1-14-16-10-18-19(15-6-3-2-4-7-15)13-35-21(18)12-22(16)36-25(33)17(14)11-23(30)29-20(24(31)32)8-5-9-28-26(27)34/h2-4,6-7,10,12-13,20H,5,8-9,11H2,1H3,(H,29,30)(H,31,32)(H3,27,28,34). The summed E-state index contributed by atoms with van der Waals surface area (Å²) in [5.74, 6) is -1.85. The SMILES string of the molecule is Cc1c(CC(=O)NC(CCCNC(N)=O)C(=O)O)c(=O)oc2cc3occ(-c4ccccc4)c3cc12. The number of carboxylic acid groups (broad SMARTS) is 1. The number of nitrogens with one attached hydrogen (secondary N) is 2. The summed E-state index contributed by atoms with van der Waals surface area (Å²) in [5, 5.41) is 15.7. The lowest BCUT2D eigenvalue weighted by Crippen LogP contribution is -2.42. The van der Waals surface area contributed by atoms with Crippen LogP contribution in [0.15, 0.2) is 62.4 Å². The van der Waals surface area contributed by atoms with E-state index in [4.69, 9.17) is 14.6 Å². The van der Waals surface area contributed by atoms with Gasteiger partial charge in [0, 0.05) is 28.9 Å². The largest absolute Gasteiger partial charge is 0.480 e. The van der Waals surface area contributed by atoms with Gasteiger partial charge in [0.1, 0.15) is 17.2 Å². The van der Waals surface area contributed by atoms with Crippen LogP contribution in [0.3, 0.4) is 0 Å². The Morgan fingerprint density at radius 3 is 2.53 bits per heavy atom. The van der Waals surface area contributed by atoms with Crippen LogP contribution in [0.1, 0.15) is 24.0 Å². The highest BCUT2D eigenvalue weighted by atomic mass is 16.4. The van der Waals surface area contributed by atoms with E-state index in [1.165, 1.54) is 0 Å². The molecule has 2 heterocycles. The molecular weight excluding hydrogens is 466 g/mol. The molecule has 4 rings (SSSR count). The molecule has 0 spiro atoms. The van der Waals surface area contributed by atoms with E-state index in [0.717, 1.165) is 16.5 Å². The van der Waals surface area contributed by atoms with Crippen LogP contribution in [0.5, 0.6) is 0 Å². The summed E-state index contributed by atoms with van der Waals surface area (Å²) in [6.07, 6.45) is 1.67. The van der Waals surface area contributed by atoms with Crippen LogP contribution in [0.4, 0.5) is 4.79 Å². The number of hydrogen-bond donors (Lipinski definition) is 4. The summed E-state index contributed by atoms with van der Waals surface area (Å²) in [5.41, 5.74) is 7.75. The minimum absolute atomic E-state index is 0.0768. The Labute approximate surface area is 205 Å². The highest BCUT2D eigenvalue weighted by molar-refractivity contribution is 6.02. The maximum atomic E-state index is 12.7. The number of carbonyl (C=O) groups is 3. The predicted molar refractivity (Wildman–Crippen MR) is 133 cm³/mol. The van der Waals surface area contributed by atoms with Crippen molar-refractivity contribution in [2.24, 2.45) is 5.73 Å². The topological polar surface area (TPSA) is 165 Å². The lowest BCUT2D eigenvalue weighted by atomic mass is 9.99. The number of carboxylic acids is 1. The number of primary amides is 1. The van der Waals surface area contributed by atoms with Crippen molar-refractivity contribution in [3.63, 3.8) is 0 Å². The molecule has 0 saturated carbocycles. The molecule has 0 radical (unpaired) electrons. The second-order valence-corrected chi connectivity index (χ2v) is 8.42. The first-order valence-electron chi connectivity index (χ1n) is 11.3. The molecule has 186 valence electrons. The van der Waals surface area contributed by atoms with Gasteiger partial charge in [0.05, 0.1) is 18.2 Å². The zero-order valence-electron chi connectivity index (χ0n) is 19.5. The zero-order valence-corrected chi connectivity index (χ0v) is 19.5. The van der Waals surface area contributed by atoms with E-state index in [1.807, 2.05) is 36.4 Å². The molecule has 0 bridgehead atoms. The van der Waals surface area contributed by atoms with Gasteiger partial charge in [0.2, 0.25) is 5.91 Å². The molecule has 10 nitrogen and oxygen atoms in total. The minimum atomic E-state index is -1.22. The molecule has 3 amide bonds. The van der Waals surface area contributed by atoms with E-state index in [-0.39, 0.29) is 24.9 Å². The van der Waals surface area contributed by atoms with Crippen LogP contribution in [0.25, 0.3) is 33.1 Å². The summed E-state index contributed by atoms with van der Waals surface area (Å²) in [6, 6.07) is 11.3. The summed E-state index contributed by atoms with van der Waals surface area (Å²) < 4.78 is 11.2.